The molecule has 1 rings (SSSR count). The summed E-state index contributed by atoms with van der Waals surface area (Å²) in [6, 6.07) is 8.57. The minimum Gasteiger partial charge on any atom is -0.348 e. The molecule has 2 heteroatoms. The summed E-state index contributed by atoms with van der Waals surface area (Å²) in [7, 11) is 0. The number of unbranched alkanes of at least 4 members (excludes halogenated alkanes) is 10. The maximum atomic E-state index is 6.10. The van der Waals surface area contributed by atoms with Gasteiger partial charge in [0.2, 0.25) is 0 Å². The molecule has 0 aromatic heterocycles. The molecule has 0 N–H and O–H groups in total. The van der Waals surface area contributed by atoms with Gasteiger partial charge in [-0.3, -0.25) is 0 Å². The molecule has 2 nitrogen and oxygen atoms in total. The fourth-order valence-corrected chi connectivity index (χ4v) is 3.11. The highest BCUT2D eigenvalue weighted by Gasteiger charge is 2.12. The van der Waals surface area contributed by atoms with Crippen LogP contribution in [0, 0.1) is 6.92 Å². The highest BCUT2D eigenvalue weighted by Crippen LogP contribution is 2.21. The van der Waals surface area contributed by atoms with E-state index in [9.17, 15) is 0 Å². The number of aryl methyl sites for hydroxylation is 1. The third-order valence-corrected chi connectivity index (χ3v) is 4.88. The van der Waals surface area contributed by atoms with Gasteiger partial charge in [0.25, 0.3) is 0 Å². The maximum absolute atomic E-state index is 6.10. The first-order valence-electron chi connectivity index (χ1n) is 11.1. The maximum Gasteiger partial charge on any atom is 0.183 e. The molecule has 0 spiro atoms. The average Bonchev–Trinajstić information content (AvgIpc) is 2.65. The lowest BCUT2D eigenvalue weighted by molar-refractivity contribution is -0.148. The zero-order valence-corrected chi connectivity index (χ0v) is 17.6. The second kappa shape index (κ2) is 16.3. The van der Waals surface area contributed by atoms with Crippen LogP contribution in [-0.2, 0) is 9.47 Å². The number of hydrogen-bond acceptors (Lipinski definition) is 2. The largest absolute Gasteiger partial charge is 0.348 e. The quantitative estimate of drug-likeness (QED) is 0.208. The molecule has 0 aliphatic carbocycles. The standard InChI is InChI=1S/C24H42O2/c1-4-6-8-10-12-14-20-25-24(23-18-16-22(3)17-19-23)26-21-15-13-11-9-7-5-2/h16-19,24H,4-15,20-21H2,1-3H3. The molecule has 0 unspecified atom stereocenters. The van der Waals surface area contributed by atoms with E-state index in [4.69, 9.17) is 9.47 Å². The van der Waals surface area contributed by atoms with Gasteiger partial charge in [-0.2, -0.15) is 0 Å². The Kier molecular flexibility index (Phi) is 14.6. The van der Waals surface area contributed by atoms with Gasteiger partial charge in [0.1, 0.15) is 0 Å². The molecule has 0 bridgehead atoms. The smallest absolute Gasteiger partial charge is 0.183 e. The van der Waals surface area contributed by atoms with E-state index in [0.717, 1.165) is 31.6 Å². The second-order valence-corrected chi connectivity index (χ2v) is 7.52. The van der Waals surface area contributed by atoms with Crippen molar-refractivity contribution in [2.45, 2.75) is 104 Å². The van der Waals surface area contributed by atoms with E-state index < -0.39 is 0 Å². The summed E-state index contributed by atoms with van der Waals surface area (Å²) >= 11 is 0. The number of ether oxygens (including phenoxy) is 2. The molecular formula is C24H42O2. The minimum absolute atomic E-state index is 0.207. The summed E-state index contributed by atoms with van der Waals surface area (Å²) in [5.41, 5.74) is 2.42. The van der Waals surface area contributed by atoms with Gasteiger partial charge < -0.3 is 9.47 Å². The first kappa shape index (κ1) is 23.2. The molecule has 0 saturated carbocycles. The lowest BCUT2D eigenvalue weighted by Gasteiger charge is -2.19. The van der Waals surface area contributed by atoms with Gasteiger partial charge in [0.05, 0.1) is 13.2 Å². The number of rotatable bonds is 17. The minimum atomic E-state index is -0.207. The zero-order valence-electron chi connectivity index (χ0n) is 17.6. The van der Waals surface area contributed by atoms with Crippen molar-refractivity contribution < 1.29 is 9.47 Å². The molecule has 150 valence electrons. The molecular weight excluding hydrogens is 320 g/mol. The van der Waals surface area contributed by atoms with E-state index in [-0.39, 0.29) is 6.29 Å². The number of hydrogen-bond donors (Lipinski definition) is 0. The Balaban J connectivity index is 2.29. The van der Waals surface area contributed by atoms with Gasteiger partial charge in [-0.25, -0.2) is 0 Å². The molecule has 0 saturated heterocycles. The van der Waals surface area contributed by atoms with Crippen LogP contribution in [0.2, 0.25) is 0 Å². The van der Waals surface area contributed by atoms with Crippen LogP contribution in [0.4, 0.5) is 0 Å². The second-order valence-electron chi connectivity index (χ2n) is 7.52. The van der Waals surface area contributed by atoms with E-state index in [2.05, 4.69) is 45.0 Å². The van der Waals surface area contributed by atoms with Crippen LogP contribution in [0.5, 0.6) is 0 Å². The SMILES string of the molecule is CCCCCCCCOC(OCCCCCCCC)c1ccc(C)cc1. The van der Waals surface area contributed by atoms with Crippen molar-refractivity contribution in [2.24, 2.45) is 0 Å². The molecule has 1 aromatic carbocycles. The third-order valence-electron chi connectivity index (χ3n) is 4.88. The van der Waals surface area contributed by atoms with Crippen molar-refractivity contribution in [1.29, 1.82) is 0 Å². The Labute approximate surface area is 162 Å². The Bertz CT molecular complexity index is 395. The van der Waals surface area contributed by atoms with Crippen LogP contribution in [0.15, 0.2) is 24.3 Å². The Morgan fingerprint density at radius 2 is 1.04 bits per heavy atom. The van der Waals surface area contributed by atoms with Crippen LogP contribution in [-0.4, -0.2) is 13.2 Å². The van der Waals surface area contributed by atoms with E-state index in [0.29, 0.717) is 0 Å². The highest BCUT2D eigenvalue weighted by molar-refractivity contribution is 5.22. The van der Waals surface area contributed by atoms with E-state index >= 15 is 0 Å². The fourth-order valence-electron chi connectivity index (χ4n) is 3.11. The van der Waals surface area contributed by atoms with Crippen molar-refractivity contribution in [3.05, 3.63) is 35.4 Å². The normalized spacial score (nSPS) is 11.4. The summed E-state index contributed by atoms with van der Waals surface area (Å²) < 4.78 is 12.2. The highest BCUT2D eigenvalue weighted by atomic mass is 16.7. The molecule has 0 heterocycles. The van der Waals surface area contributed by atoms with Crippen LogP contribution < -0.4 is 0 Å². The van der Waals surface area contributed by atoms with Crippen LogP contribution >= 0.6 is 0 Å². The summed E-state index contributed by atoms with van der Waals surface area (Å²) in [5, 5.41) is 0. The van der Waals surface area contributed by atoms with Crippen molar-refractivity contribution in [2.75, 3.05) is 13.2 Å². The summed E-state index contributed by atoms with van der Waals surface area (Å²) in [6.45, 7) is 8.22. The van der Waals surface area contributed by atoms with Gasteiger partial charge in [-0.1, -0.05) is 108 Å². The molecule has 0 fully saturated rings. The van der Waals surface area contributed by atoms with Crippen molar-refractivity contribution in [3.63, 3.8) is 0 Å². The molecule has 1 aromatic rings. The first-order valence-corrected chi connectivity index (χ1v) is 11.1. The average molecular weight is 363 g/mol. The van der Waals surface area contributed by atoms with E-state index in [1.165, 1.54) is 69.8 Å². The van der Waals surface area contributed by atoms with Crippen molar-refractivity contribution in [3.8, 4) is 0 Å². The molecule has 0 radical (unpaired) electrons. The number of benzene rings is 1. The third kappa shape index (κ3) is 11.7. The predicted octanol–water partition coefficient (Wildman–Crippen LogP) is 7.75. The molecule has 26 heavy (non-hydrogen) atoms. The Morgan fingerprint density at radius 1 is 0.615 bits per heavy atom. The molecule has 0 aliphatic heterocycles. The monoisotopic (exact) mass is 362 g/mol. The van der Waals surface area contributed by atoms with Crippen molar-refractivity contribution in [1.82, 2.24) is 0 Å². The van der Waals surface area contributed by atoms with Crippen molar-refractivity contribution >= 4 is 0 Å². The topological polar surface area (TPSA) is 18.5 Å². The Morgan fingerprint density at radius 3 is 1.50 bits per heavy atom. The van der Waals surface area contributed by atoms with Crippen LogP contribution in [0.3, 0.4) is 0 Å². The summed E-state index contributed by atoms with van der Waals surface area (Å²) in [5.74, 6) is 0. The Hall–Kier alpha value is -0.860. The zero-order chi connectivity index (χ0) is 18.9. The van der Waals surface area contributed by atoms with Gasteiger partial charge in [-0.05, 0) is 19.8 Å². The van der Waals surface area contributed by atoms with E-state index in [1.54, 1.807) is 0 Å². The lowest BCUT2D eigenvalue weighted by Crippen LogP contribution is -2.11. The fraction of sp³-hybridized carbons (Fsp3) is 0.750. The molecule has 0 aliphatic rings. The summed E-state index contributed by atoms with van der Waals surface area (Å²) in [4.78, 5) is 0. The van der Waals surface area contributed by atoms with Gasteiger partial charge in [0, 0.05) is 5.56 Å². The first-order chi connectivity index (χ1) is 12.8. The van der Waals surface area contributed by atoms with E-state index in [1.807, 2.05) is 0 Å². The van der Waals surface area contributed by atoms with Gasteiger partial charge >= 0.3 is 0 Å². The van der Waals surface area contributed by atoms with Gasteiger partial charge in [0.15, 0.2) is 6.29 Å². The molecule has 0 atom stereocenters. The summed E-state index contributed by atoms with van der Waals surface area (Å²) in [6.07, 6.45) is 15.3. The molecule has 0 amide bonds. The van der Waals surface area contributed by atoms with Crippen LogP contribution in [0.1, 0.15) is 108 Å². The van der Waals surface area contributed by atoms with Crippen LogP contribution in [0.25, 0.3) is 0 Å². The predicted molar refractivity (Wildman–Crippen MR) is 113 cm³/mol. The lowest BCUT2D eigenvalue weighted by atomic mass is 10.1. The van der Waals surface area contributed by atoms with Gasteiger partial charge in [-0.15, -0.1) is 0 Å².